The van der Waals surface area contributed by atoms with Crippen LogP contribution in [0.2, 0.25) is 0 Å². The molecule has 0 amide bonds. The Bertz CT molecular complexity index is 1880. The summed E-state index contributed by atoms with van der Waals surface area (Å²) in [5, 5.41) is 10.1. The molecule has 0 atom stereocenters. The molecule has 4 N–H and O–H groups in total. The van der Waals surface area contributed by atoms with E-state index in [0.717, 1.165) is 93.7 Å². The predicted octanol–water partition coefficient (Wildman–Crippen LogP) is 5.43. The van der Waals surface area contributed by atoms with E-state index in [4.69, 9.17) is 4.42 Å². The summed E-state index contributed by atoms with van der Waals surface area (Å²) in [5.74, 6) is 2.61. The molecule has 3 aromatic heterocycles. The highest BCUT2D eigenvalue weighted by Crippen LogP contribution is 2.32. The van der Waals surface area contributed by atoms with Gasteiger partial charge >= 0.3 is 0 Å². The molecule has 0 unspecified atom stereocenters. The van der Waals surface area contributed by atoms with Crippen molar-refractivity contribution in [1.82, 2.24) is 20.6 Å². The molecule has 8 rings (SSSR count). The minimum Gasteiger partial charge on any atom is -0.453 e. The smallest absolute Gasteiger partial charge is 0.170 e. The lowest BCUT2D eigenvalue weighted by Gasteiger charge is -2.02. The van der Waals surface area contributed by atoms with E-state index in [0.29, 0.717) is 0 Å². The number of nitrogens with zero attached hydrogens (tertiary/aromatic N) is 2. The molecule has 2 aliphatic heterocycles. The lowest BCUT2D eigenvalue weighted by Crippen LogP contribution is -2.19. The van der Waals surface area contributed by atoms with Crippen molar-refractivity contribution in [2.75, 3.05) is 26.2 Å². The molecule has 0 spiro atoms. The van der Waals surface area contributed by atoms with Gasteiger partial charge in [0, 0.05) is 62.8 Å². The van der Waals surface area contributed by atoms with Crippen LogP contribution < -0.4 is 10.6 Å². The van der Waals surface area contributed by atoms with Crippen LogP contribution in [0.3, 0.4) is 0 Å². The van der Waals surface area contributed by atoms with Crippen molar-refractivity contribution < 1.29 is 4.42 Å². The van der Waals surface area contributed by atoms with Crippen molar-refractivity contribution in [2.24, 2.45) is 9.98 Å². The highest BCUT2D eigenvalue weighted by molar-refractivity contribution is 6.03. The molecule has 7 heteroatoms. The van der Waals surface area contributed by atoms with Gasteiger partial charge in [-0.1, -0.05) is 24.3 Å². The average Bonchev–Trinajstić information content (AvgIpc) is 3.75. The van der Waals surface area contributed by atoms with E-state index in [1.165, 1.54) is 10.8 Å². The Morgan fingerprint density at radius 2 is 1.19 bits per heavy atom. The van der Waals surface area contributed by atoms with Gasteiger partial charge in [0.15, 0.2) is 11.6 Å². The number of nitrogens with one attached hydrogen (secondary N) is 4. The van der Waals surface area contributed by atoms with Gasteiger partial charge in [0.2, 0.25) is 0 Å². The number of aliphatic imine (C=N–C) groups is 2. The van der Waals surface area contributed by atoms with E-state index in [1.54, 1.807) is 0 Å². The summed E-state index contributed by atoms with van der Waals surface area (Å²) < 4.78 is 6.01. The Morgan fingerprint density at radius 3 is 1.89 bits per heavy atom. The molecule has 0 saturated heterocycles. The van der Waals surface area contributed by atoms with Crippen molar-refractivity contribution in [3.8, 4) is 22.5 Å². The minimum absolute atomic E-state index is 0.793. The van der Waals surface area contributed by atoms with Crippen LogP contribution in [-0.4, -0.2) is 47.8 Å². The van der Waals surface area contributed by atoms with Crippen LogP contribution in [0.5, 0.6) is 0 Å². The topological polar surface area (TPSA) is 93.5 Å². The zero-order valence-corrected chi connectivity index (χ0v) is 20.1. The number of rotatable bonds is 4. The Morgan fingerprint density at radius 1 is 0.568 bits per heavy atom. The van der Waals surface area contributed by atoms with E-state index < -0.39 is 0 Å². The normalized spacial score (nSPS) is 15.4. The lowest BCUT2D eigenvalue weighted by atomic mass is 10.1. The number of benzene rings is 3. The first-order chi connectivity index (χ1) is 18.3. The molecule has 6 aromatic rings. The van der Waals surface area contributed by atoms with E-state index in [9.17, 15) is 0 Å². The van der Waals surface area contributed by atoms with Gasteiger partial charge in [0.25, 0.3) is 0 Å². The fourth-order valence-electron chi connectivity index (χ4n) is 5.36. The van der Waals surface area contributed by atoms with E-state index in [1.807, 2.05) is 6.07 Å². The summed E-state index contributed by atoms with van der Waals surface area (Å²) in [7, 11) is 0. The summed E-state index contributed by atoms with van der Waals surface area (Å²) in [4.78, 5) is 16.3. The second-order valence-electron chi connectivity index (χ2n) is 9.65. The number of aromatic amines is 2. The monoisotopic (exact) mass is 484 g/mol. The zero-order valence-electron chi connectivity index (χ0n) is 20.1. The Kier molecular flexibility index (Phi) is 4.34. The van der Waals surface area contributed by atoms with Crippen LogP contribution in [-0.2, 0) is 0 Å². The van der Waals surface area contributed by atoms with Crippen LogP contribution in [0.15, 0.2) is 87.2 Å². The molecule has 0 radical (unpaired) electrons. The molecule has 2 aliphatic rings. The van der Waals surface area contributed by atoms with Gasteiger partial charge in [-0.25, -0.2) is 0 Å². The van der Waals surface area contributed by atoms with Gasteiger partial charge in [-0.3, -0.25) is 9.98 Å². The number of fused-ring (bicyclic) bond motifs is 3. The average molecular weight is 485 g/mol. The maximum absolute atomic E-state index is 6.01. The molecule has 5 heterocycles. The molecule has 0 aliphatic carbocycles. The molecule has 7 nitrogen and oxygen atoms in total. The van der Waals surface area contributed by atoms with Gasteiger partial charge in [-0.2, -0.15) is 0 Å². The highest BCUT2D eigenvalue weighted by Gasteiger charge is 2.15. The standard InChI is InChI=1S/C30H24N6O/c1-2-19(25-14-20-3-4-21(15-26(20)36-25)29-31-7-8-32-29)13-24-18(1)12-23(35-24)17-5-6-27-22(11-17)16-28(37-27)30-33-9-10-34-30/h1-6,11-16,35-36H,7-10H2,(H,31,32)(H,33,34). The minimum atomic E-state index is 0.793. The van der Waals surface area contributed by atoms with Crippen molar-refractivity contribution in [3.05, 3.63) is 84.1 Å². The Hall–Kier alpha value is -4.78. The van der Waals surface area contributed by atoms with Gasteiger partial charge in [0.05, 0.1) is 13.1 Å². The fourth-order valence-corrected chi connectivity index (χ4v) is 5.36. The molecule has 0 bridgehead atoms. The molecular formula is C30H24N6O. The highest BCUT2D eigenvalue weighted by atomic mass is 16.3. The van der Waals surface area contributed by atoms with Crippen molar-refractivity contribution in [3.63, 3.8) is 0 Å². The van der Waals surface area contributed by atoms with Crippen molar-refractivity contribution in [1.29, 1.82) is 0 Å². The fraction of sp³-hybridized carbons (Fsp3) is 0.133. The van der Waals surface area contributed by atoms with Crippen LogP contribution in [0, 0.1) is 0 Å². The van der Waals surface area contributed by atoms with Crippen molar-refractivity contribution >= 4 is 44.4 Å². The number of hydrogen-bond acceptors (Lipinski definition) is 5. The number of hydrogen-bond donors (Lipinski definition) is 4. The van der Waals surface area contributed by atoms with Crippen molar-refractivity contribution in [2.45, 2.75) is 0 Å². The molecule has 0 saturated carbocycles. The second-order valence-corrected chi connectivity index (χ2v) is 9.65. The maximum Gasteiger partial charge on any atom is 0.170 e. The summed E-state index contributed by atoms with van der Waals surface area (Å²) in [6, 6.07) is 25.8. The molecule has 180 valence electrons. The Labute approximate surface area is 212 Å². The summed E-state index contributed by atoms with van der Waals surface area (Å²) in [5.41, 5.74) is 8.66. The van der Waals surface area contributed by atoms with E-state index in [-0.39, 0.29) is 0 Å². The van der Waals surface area contributed by atoms with E-state index >= 15 is 0 Å². The zero-order chi connectivity index (χ0) is 24.3. The third-order valence-corrected chi connectivity index (χ3v) is 7.24. The van der Waals surface area contributed by atoms with Gasteiger partial charge in [-0.05, 0) is 54.1 Å². The SMILES string of the molecule is c1cc2cc(-c3ccc4cc(-c5ccc6oc(C7=NCCN7)cc6c5)[nH]c4c3)[nH]c2cc1C1=NCCN1. The largest absolute Gasteiger partial charge is 0.453 e. The maximum atomic E-state index is 6.01. The molecular weight excluding hydrogens is 460 g/mol. The van der Waals surface area contributed by atoms with E-state index in [2.05, 4.69) is 97.3 Å². The summed E-state index contributed by atoms with van der Waals surface area (Å²) in [6.07, 6.45) is 0. The Balaban J connectivity index is 1.13. The quantitative estimate of drug-likeness (QED) is 0.269. The van der Waals surface area contributed by atoms with Gasteiger partial charge in [-0.15, -0.1) is 0 Å². The number of furan rings is 1. The number of aromatic nitrogens is 2. The first-order valence-corrected chi connectivity index (χ1v) is 12.6. The van der Waals surface area contributed by atoms with Crippen LogP contribution in [0.25, 0.3) is 55.3 Å². The third-order valence-electron chi connectivity index (χ3n) is 7.24. The third kappa shape index (κ3) is 3.42. The van der Waals surface area contributed by atoms with Crippen LogP contribution in [0.1, 0.15) is 11.3 Å². The molecule has 3 aromatic carbocycles. The molecule has 37 heavy (non-hydrogen) atoms. The molecule has 0 fully saturated rings. The van der Waals surface area contributed by atoms with Crippen LogP contribution in [0.4, 0.5) is 0 Å². The first-order valence-electron chi connectivity index (χ1n) is 12.6. The van der Waals surface area contributed by atoms with Gasteiger partial charge in [0.1, 0.15) is 11.4 Å². The first kappa shape index (κ1) is 20.4. The number of H-pyrrole nitrogens is 2. The predicted molar refractivity (Wildman–Crippen MR) is 150 cm³/mol. The summed E-state index contributed by atoms with van der Waals surface area (Å²) in [6.45, 7) is 3.40. The van der Waals surface area contributed by atoms with Crippen LogP contribution >= 0.6 is 0 Å². The second kappa shape index (κ2) is 7.86. The number of amidine groups is 2. The van der Waals surface area contributed by atoms with Gasteiger partial charge < -0.3 is 25.0 Å². The lowest BCUT2D eigenvalue weighted by molar-refractivity contribution is 0.602. The summed E-state index contributed by atoms with van der Waals surface area (Å²) >= 11 is 0.